The molecule has 1 N–H and O–H groups in total. The van der Waals surface area contributed by atoms with E-state index in [2.05, 4.69) is 4.72 Å². The van der Waals surface area contributed by atoms with Gasteiger partial charge in [-0.3, -0.25) is 0 Å². The normalized spacial score (nSPS) is 13.1. The van der Waals surface area contributed by atoms with Crippen LogP contribution in [-0.4, -0.2) is 8.42 Å². The van der Waals surface area contributed by atoms with E-state index in [0.29, 0.717) is 16.7 Å². The third kappa shape index (κ3) is 3.58. The predicted molar refractivity (Wildman–Crippen MR) is 76.5 cm³/mol. The Bertz CT molecular complexity index is 765. The number of nitrogens with one attached hydrogen (secondary N) is 1. The van der Waals surface area contributed by atoms with E-state index in [0.717, 1.165) is 12.1 Å². The van der Waals surface area contributed by atoms with Crippen molar-refractivity contribution in [1.29, 1.82) is 0 Å². The van der Waals surface area contributed by atoms with Crippen molar-refractivity contribution in [2.75, 3.05) is 0 Å². The highest BCUT2D eigenvalue weighted by Gasteiger charge is 2.21. The van der Waals surface area contributed by atoms with E-state index in [1.807, 2.05) is 0 Å². The lowest BCUT2D eigenvalue weighted by atomic mass is 10.1. The van der Waals surface area contributed by atoms with Crippen LogP contribution >= 0.6 is 11.6 Å². The lowest BCUT2D eigenvalue weighted by molar-refractivity contribution is 0.503. The Kier molecular flexibility index (Phi) is 4.61. The van der Waals surface area contributed by atoms with Gasteiger partial charge in [0.2, 0.25) is 10.0 Å². The molecule has 7 heteroatoms. The fraction of sp³-hybridized carbons (Fsp3) is 0.143. The summed E-state index contributed by atoms with van der Waals surface area (Å²) in [7, 11) is -3.98. The van der Waals surface area contributed by atoms with E-state index in [1.54, 1.807) is 31.2 Å². The largest absolute Gasteiger partial charge is 0.241 e. The van der Waals surface area contributed by atoms with Gasteiger partial charge in [0.1, 0.15) is 0 Å². The Hall–Kier alpha value is -1.50. The molecular weight excluding hydrogens is 320 g/mol. The van der Waals surface area contributed by atoms with Crippen LogP contribution < -0.4 is 4.72 Å². The molecule has 0 aliphatic heterocycles. The van der Waals surface area contributed by atoms with Gasteiger partial charge in [0, 0.05) is 11.1 Å². The van der Waals surface area contributed by atoms with Gasteiger partial charge in [0.15, 0.2) is 11.6 Å². The molecular formula is C14H12ClF2NO2S. The summed E-state index contributed by atoms with van der Waals surface area (Å²) in [4.78, 5) is -0.347. The van der Waals surface area contributed by atoms with Gasteiger partial charge in [0.25, 0.3) is 0 Å². The number of hydrogen-bond acceptors (Lipinski definition) is 2. The third-order valence-electron chi connectivity index (χ3n) is 2.91. The number of rotatable bonds is 4. The average Bonchev–Trinajstić information content (AvgIpc) is 2.41. The summed E-state index contributed by atoms with van der Waals surface area (Å²) in [6.07, 6.45) is 0. The number of halogens is 3. The zero-order valence-electron chi connectivity index (χ0n) is 11.0. The second-order valence-electron chi connectivity index (χ2n) is 4.44. The molecule has 0 saturated carbocycles. The highest BCUT2D eigenvalue weighted by Crippen LogP contribution is 2.24. The molecule has 0 saturated heterocycles. The first-order valence-electron chi connectivity index (χ1n) is 6.03. The molecule has 0 amide bonds. The standard InChI is InChI=1S/C14H12ClF2NO2S/c1-9(11-4-2-3-5-12(11)15)18-21(19,20)10-6-7-13(16)14(17)8-10/h2-9,18H,1H3/t9-/m0/s1. The second kappa shape index (κ2) is 6.09. The van der Waals surface area contributed by atoms with Crippen LogP contribution in [0, 0.1) is 11.6 Å². The summed E-state index contributed by atoms with van der Waals surface area (Å²) in [6.45, 7) is 1.61. The van der Waals surface area contributed by atoms with Crippen LogP contribution in [0.25, 0.3) is 0 Å². The van der Waals surface area contributed by atoms with Crippen molar-refractivity contribution in [3.63, 3.8) is 0 Å². The van der Waals surface area contributed by atoms with Gasteiger partial charge in [0.05, 0.1) is 4.90 Å². The summed E-state index contributed by atoms with van der Waals surface area (Å²) in [5.74, 6) is -2.32. The van der Waals surface area contributed by atoms with Crippen molar-refractivity contribution < 1.29 is 17.2 Å². The van der Waals surface area contributed by atoms with Crippen molar-refractivity contribution in [3.05, 3.63) is 64.7 Å². The van der Waals surface area contributed by atoms with Gasteiger partial charge in [-0.25, -0.2) is 21.9 Å². The van der Waals surface area contributed by atoms with E-state index in [-0.39, 0.29) is 4.90 Å². The van der Waals surface area contributed by atoms with Crippen molar-refractivity contribution >= 4 is 21.6 Å². The Morgan fingerprint density at radius 1 is 1.10 bits per heavy atom. The molecule has 2 aromatic carbocycles. The number of hydrogen-bond donors (Lipinski definition) is 1. The summed E-state index contributed by atoms with van der Waals surface area (Å²) >= 11 is 6.00. The molecule has 2 aromatic rings. The molecule has 0 aliphatic carbocycles. The lowest BCUT2D eigenvalue weighted by Crippen LogP contribution is -2.27. The minimum atomic E-state index is -3.98. The van der Waals surface area contributed by atoms with Gasteiger partial charge in [-0.05, 0) is 36.8 Å². The highest BCUT2D eigenvalue weighted by molar-refractivity contribution is 7.89. The van der Waals surface area contributed by atoms with E-state index >= 15 is 0 Å². The Labute approximate surface area is 126 Å². The van der Waals surface area contributed by atoms with Crippen LogP contribution in [-0.2, 0) is 10.0 Å². The fourth-order valence-electron chi connectivity index (χ4n) is 1.83. The summed E-state index contributed by atoms with van der Waals surface area (Å²) in [6, 6.07) is 8.56. The molecule has 0 unspecified atom stereocenters. The van der Waals surface area contributed by atoms with Crippen LogP contribution in [0.3, 0.4) is 0 Å². The molecule has 0 heterocycles. The molecule has 1 atom stereocenters. The topological polar surface area (TPSA) is 46.2 Å². The fourth-order valence-corrected chi connectivity index (χ4v) is 3.37. The molecule has 0 aliphatic rings. The maximum atomic E-state index is 13.1. The first-order valence-corrected chi connectivity index (χ1v) is 7.89. The van der Waals surface area contributed by atoms with Gasteiger partial charge in [-0.2, -0.15) is 0 Å². The molecule has 112 valence electrons. The van der Waals surface area contributed by atoms with E-state index in [1.165, 1.54) is 0 Å². The first-order chi connectivity index (χ1) is 9.81. The summed E-state index contributed by atoms with van der Waals surface area (Å²) in [5.41, 5.74) is 0.588. The minimum Gasteiger partial charge on any atom is -0.207 e. The zero-order valence-corrected chi connectivity index (χ0v) is 12.5. The van der Waals surface area contributed by atoms with Crippen molar-refractivity contribution in [3.8, 4) is 0 Å². The van der Waals surface area contributed by atoms with E-state index in [9.17, 15) is 17.2 Å². The highest BCUT2D eigenvalue weighted by atomic mass is 35.5. The Morgan fingerprint density at radius 2 is 1.76 bits per heavy atom. The molecule has 21 heavy (non-hydrogen) atoms. The van der Waals surface area contributed by atoms with E-state index < -0.39 is 27.7 Å². The maximum absolute atomic E-state index is 13.1. The molecule has 0 radical (unpaired) electrons. The van der Waals surface area contributed by atoms with Crippen molar-refractivity contribution in [1.82, 2.24) is 4.72 Å². The van der Waals surface area contributed by atoms with E-state index in [4.69, 9.17) is 11.6 Å². The smallest absolute Gasteiger partial charge is 0.207 e. The first kappa shape index (κ1) is 15.9. The molecule has 0 fully saturated rings. The third-order valence-corrected chi connectivity index (χ3v) is 4.79. The molecule has 3 nitrogen and oxygen atoms in total. The van der Waals surface area contributed by atoms with Crippen LogP contribution in [0.4, 0.5) is 8.78 Å². The predicted octanol–water partition coefficient (Wildman–Crippen LogP) is 3.66. The average molecular weight is 332 g/mol. The summed E-state index contributed by atoms with van der Waals surface area (Å²) in [5, 5.41) is 0.415. The SMILES string of the molecule is C[C@H](NS(=O)(=O)c1ccc(F)c(F)c1)c1ccccc1Cl. The van der Waals surface area contributed by atoms with Crippen LogP contribution in [0.5, 0.6) is 0 Å². The number of sulfonamides is 1. The van der Waals surface area contributed by atoms with Gasteiger partial charge < -0.3 is 0 Å². The lowest BCUT2D eigenvalue weighted by Gasteiger charge is -2.16. The maximum Gasteiger partial charge on any atom is 0.241 e. The number of benzene rings is 2. The molecule has 0 aromatic heterocycles. The van der Waals surface area contributed by atoms with Gasteiger partial charge in [-0.1, -0.05) is 29.8 Å². The summed E-state index contributed by atoms with van der Waals surface area (Å²) < 4.78 is 52.7. The van der Waals surface area contributed by atoms with Gasteiger partial charge in [-0.15, -0.1) is 0 Å². The Morgan fingerprint density at radius 3 is 2.38 bits per heavy atom. The van der Waals surface area contributed by atoms with Crippen LogP contribution in [0.15, 0.2) is 47.4 Å². The quantitative estimate of drug-likeness (QED) is 0.929. The molecule has 2 rings (SSSR count). The zero-order chi connectivity index (χ0) is 15.6. The Balaban J connectivity index is 2.29. The monoisotopic (exact) mass is 331 g/mol. The second-order valence-corrected chi connectivity index (χ2v) is 6.56. The van der Waals surface area contributed by atoms with Crippen LogP contribution in [0.2, 0.25) is 5.02 Å². The molecule has 0 spiro atoms. The van der Waals surface area contributed by atoms with Crippen molar-refractivity contribution in [2.45, 2.75) is 17.9 Å². The minimum absolute atomic E-state index is 0.347. The molecule has 0 bridgehead atoms. The van der Waals surface area contributed by atoms with Crippen LogP contribution in [0.1, 0.15) is 18.5 Å². The van der Waals surface area contributed by atoms with Gasteiger partial charge >= 0.3 is 0 Å². The van der Waals surface area contributed by atoms with Crippen molar-refractivity contribution in [2.24, 2.45) is 0 Å².